The van der Waals surface area contributed by atoms with Gasteiger partial charge in [-0.2, -0.15) is 0 Å². The van der Waals surface area contributed by atoms with Gasteiger partial charge in [0.25, 0.3) is 0 Å². The Balaban J connectivity index is 2.03. The van der Waals surface area contributed by atoms with Crippen molar-refractivity contribution in [2.75, 3.05) is 19.7 Å². The summed E-state index contributed by atoms with van der Waals surface area (Å²) in [5, 5.41) is 3.52. The van der Waals surface area contributed by atoms with Crippen molar-refractivity contribution in [2.45, 2.75) is 58.8 Å². The smallest absolute Gasteiger partial charge is 0.0674 e. The molecule has 3 nitrogen and oxygen atoms in total. The van der Waals surface area contributed by atoms with E-state index in [2.05, 4.69) is 55.3 Å². The van der Waals surface area contributed by atoms with Gasteiger partial charge in [-0.05, 0) is 37.4 Å². The first-order valence-electron chi connectivity index (χ1n) is 8.37. The Morgan fingerprint density at radius 3 is 2.71 bits per heavy atom. The van der Waals surface area contributed by atoms with E-state index in [1.807, 2.05) is 0 Å². The number of benzene rings is 1. The van der Waals surface area contributed by atoms with Gasteiger partial charge >= 0.3 is 0 Å². The zero-order valence-corrected chi connectivity index (χ0v) is 13.8. The Kier molecular flexibility index (Phi) is 6.68. The number of ether oxygens (including phenoxy) is 1. The molecule has 2 atom stereocenters. The Hall–Kier alpha value is -0.900. The van der Waals surface area contributed by atoms with Gasteiger partial charge in [0.1, 0.15) is 0 Å². The SMILES string of the molecule is CCCNCc1ccccc1CN1CC(C)OCC1CC. The quantitative estimate of drug-likeness (QED) is 0.781. The molecule has 1 fully saturated rings. The number of hydrogen-bond donors (Lipinski definition) is 1. The van der Waals surface area contributed by atoms with E-state index in [4.69, 9.17) is 4.74 Å². The minimum Gasteiger partial charge on any atom is -0.376 e. The third-order valence-corrected chi connectivity index (χ3v) is 4.29. The Morgan fingerprint density at radius 2 is 2.00 bits per heavy atom. The number of rotatable bonds is 7. The van der Waals surface area contributed by atoms with Crippen LogP contribution < -0.4 is 5.32 Å². The lowest BCUT2D eigenvalue weighted by Crippen LogP contribution is -2.48. The highest BCUT2D eigenvalue weighted by Crippen LogP contribution is 2.19. The summed E-state index contributed by atoms with van der Waals surface area (Å²) in [5.41, 5.74) is 2.88. The molecule has 1 aromatic rings. The van der Waals surface area contributed by atoms with Crippen LogP contribution in [-0.4, -0.2) is 36.7 Å². The summed E-state index contributed by atoms with van der Waals surface area (Å²) in [5.74, 6) is 0. The van der Waals surface area contributed by atoms with E-state index in [1.165, 1.54) is 17.5 Å². The van der Waals surface area contributed by atoms with E-state index in [0.717, 1.165) is 39.2 Å². The number of nitrogens with one attached hydrogen (secondary N) is 1. The molecule has 1 N–H and O–H groups in total. The second-order valence-electron chi connectivity index (χ2n) is 6.08. The Bertz CT molecular complexity index is 421. The maximum absolute atomic E-state index is 5.80. The van der Waals surface area contributed by atoms with Crippen LogP contribution in [0, 0.1) is 0 Å². The van der Waals surface area contributed by atoms with Crippen LogP contribution in [0.15, 0.2) is 24.3 Å². The minimum absolute atomic E-state index is 0.346. The van der Waals surface area contributed by atoms with Gasteiger partial charge < -0.3 is 10.1 Å². The van der Waals surface area contributed by atoms with Crippen LogP contribution in [0.2, 0.25) is 0 Å². The van der Waals surface area contributed by atoms with Crippen LogP contribution in [0.5, 0.6) is 0 Å². The summed E-state index contributed by atoms with van der Waals surface area (Å²) in [7, 11) is 0. The second kappa shape index (κ2) is 8.52. The van der Waals surface area contributed by atoms with Gasteiger partial charge in [0, 0.05) is 25.7 Å². The fourth-order valence-corrected chi connectivity index (χ4v) is 2.99. The molecule has 1 saturated heterocycles. The van der Waals surface area contributed by atoms with E-state index in [0.29, 0.717) is 12.1 Å². The fraction of sp³-hybridized carbons (Fsp3) is 0.667. The molecule has 1 aliphatic heterocycles. The van der Waals surface area contributed by atoms with Crippen molar-refractivity contribution in [2.24, 2.45) is 0 Å². The van der Waals surface area contributed by atoms with Gasteiger partial charge in [-0.1, -0.05) is 38.1 Å². The van der Waals surface area contributed by atoms with Crippen LogP contribution >= 0.6 is 0 Å². The highest BCUT2D eigenvalue weighted by Gasteiger charge is 2.25. The van der Waals surface area contributed by atoms with Crippen LogP contribution in [0.3, 0.4) is 0 Å². The highest BCUT2D eigenvalue weighted by atomic mass is 16.5. The first-order valence-corrected chi connectivity index (χ1v) is 8.37. The lowest BCUT2D eigenvalue weighted by molar-refractivity contribution is -0.0592. The standard InChI is InChI=1S/C18H30N2O/c1-4-10-19-11-16-8-6-7-9-17(16)13-20-12-15(3)21-14-18(20)5-2/h6-9,15,18-19H,4-5,10-14H2,1-3H3. The van der Waals surface area contributed by atoms with Gasteiger partial charge in [-0.25, -0.2) is 0 Å². The fourth-order valence-electron chi connectivity index (χ4n) is 2.99. The van der Waals surface area contributed by atoms with E-state index in [9.17, 15) is 0 Å². The molecule has 118 valence electrons. The van der Waals surface area contributed by atoms with E-state index in [-0.39, 0.29) is 0 Å². The molecule has 3 heteroatoms. The van der Waals surface area contributed by atoms with E-state index in [1.54, 1.807) is 0 Å². The van der Waals surface area contributed by atoms with Crippen LogP contribution in [-0.2, 0) is 17.8 Å². The predicted octanol–water partition coefficient (Wildman–Crippen LogP) is 3.19. The molecule has 0 saturated carbocycles. The molecule has 0 bridgehead atoms. The summed E-state index contributed by atoms with van der Waals surface area (Å²) in [4.78, 5) is 2.59. The van der Waals surface area contributed by atoms with Crippen molar-refractivity contribution in [3.63, 3.8) is 0 Å². The molecular weight excluding hydrogens is 260 g/mol. The third-order valence-electron chi connectivity index (χ3n) is 4.29. The van der Waals surface area contributed by atoms with Crippen LogP contribution in [0.25, 0.3) is 0 Å². The molecule has 0 spiro atoms. The van der Waals surface area contributed by atoms with Crippen molar-refractivity contribution in [3.05, 3.63) is 35.4 Å². The molecule has 1 aromatic carbocycles. The largest absolute Gasteiger partial charge is 0.376 e. The maximum Gasteiger partial charge on any atom is 0.0674 e. The first-order chi connectivity index (χ1) is 10.2. The number of nitrogens with zero attached hydrogens (tertiary/aromatic N) is 1. The second-order valence-corrected chi connectivity index (χ2v) is 6.08. The van der Waals surface area contributed by atoms with Crippen molar-refractivity contribution >= 4 is 0 Å². The van der Waals surface area contributed by atoms with Crippen molar-refractivity contribution in [3.8, 4) is 0 Å². The summed E-state index contributed by atoms with van der Waals surface area (Å²) < 4.78 is 5.80. The zero-order valence-electron chi connectivity index (χ0n) is 13.8. The lowest BCUT2D eigenvalue weighted by Gasteiger charge is -2.38. The van der Waals surface area contributed by atoms with Crippen molar-refractivity contribution in [1.29, 1.82) is 0 Å². The van der Waals surface area contributed by atoms with Gasteiger partial charge in [0.15, 0.2) is 0 Å². The Morgan fingerprint density at radius 1 is 1.24 bits per heavy atom. The summed E-state index contributed by atoms with van der Waals surface area (Å²) >= 11 is 0. The average Bonchev–Trinajstić information content (AvgIpc) is 2.49. The number of hydrogen-bond acceptors (Lipinski definition) is 3. The minimum atomic E-state index is 0.346. The summed E-state index contributed by atoms with van der Waals surface area (Å²) in [6, 6.07) is 9.38. The molecule has 1 heterocycles. The molecular formula is C18H30N2O. The molecule has 0 aliphatic carbocycles. The maximum atomic E-state index is 5.80. The first kappa shape index (κ1) is 16.5. The van der Waals surface area contributed by atoms with Crippen molar-refractivity contribution < 1.29 is 4.74 Å². The molecule has 0 radical (unpaired) electrons. The molecule has 2 unspecified atom stereocenters. The van der Waals surface area contributed by atoms with Crippen LogP contribution in [0.4, 0.5) is 0 Å². The van der Waals surface area contributed by atoms with Gasteiger partial charge in [-0.15, -0.1) is 0 Å². The van der Waals surface area contributed by atoms with Gasteiger partial charge in [-0.3, -0.25) is 4.90 Å². The molecule has 0 aromatic heterocycles. The molecule has 1 aliphatic rings. The molecule has 2 rings (SSSR count). The van der Waals surface area contributed by atoms with Crippen molar-refractivity contribution in [1.82, 2.24) is 10.2 Å². The van der Waals surface area contributed by atoms with Gasteiger partial charge in [0.2, 0.25) is 0 Å². The third kappa shape index (κ3) is 4.80. The highest BCUT2D eigenvalue weighted by molar-refractivity contribution is 5.27. The normalized spacial score (nSPS) is 23.4. The molecule has 21 heavy (non-hydrogen) atoms. The van der Waals surface area contributed by atoms with E-state index >= 15 is 0 Å². The summed E-state index contributed by atoms with van der Waals surface area (Å²) in [6.07, 6.45) is 2.68. The van der Waals surface area contributed by atoms with Gasteiger partial charge in [0.05, 0.1) is 12.7 Å². The average molecular weight is 290 g/mol. The Labute approximate surface area is 129 Å². The van der Waals surface area contributed by atoms with E-state index < -0.39 is 0 Å². The number of morpholine rings is 1. The molecule has 0 amide bonds. The van der Waals surface area contributed by atoms with Crippen LogP contribution in [0.1, 0.15) is 44.7 Å². The topological polar surface area (TPSA) is 24.5 Å². The zero-order chi connectivity index (χ0) is 15.1. The lowest BCUT2D eigenvalue weighted by atomic mass is 10.0. The predicted molar refractivity (Wildman–Crippen MR) is 88.3 cm³/mol. The summed E-state index contributed by atoms with van der Waals surface area (Å²) in [6.45, 7) is 11.6. The monoisotopic (exact) mass is 290 g/mol.